The number of benzene rings is 1. The van der Waals surface area contributed by atoms with E-state index in [2.05, 4.69) is 4.72 Å². The van der Waals surface area contributed by atoms with Crippen LogP contribution in [0.3, 0.4) is 0 Å². The van der Waals surface area contributed by atoms with Gasteiger partial charge in [0, 0.05) is 11.8 Å². The van der Waals surface area contributed by atoms with Crippen molar-refractivity contribution >= 4 is 42.8 Å². The first-order valence-corrected chi connectivity index (χ1v) is 8.80. The fraction of sp³-hybridized carbons (Fsp3) is 0.222. The van der Waals surface area contributed by atoms with E-state index < -0.39 is 24.9 Å². The molecule has 1 aromatic rings. The highest BCUT2D eigenvalue weighted by atomic mass is 32.3. The van der Waals surface area contributed by atoms with Gasteiger partial charge < -0.3 is 5.73 Å². The number of anilines is 1. The molecular weight excluding hydrogens is 296 g/mol. The molecule has 0 radical (unpaired) electrons. The molecule has 18 heavy (non-hydrogen) atoms. The summed E-state index contributed by atoms with van der Waals surface area (Å²) in [5.74, 6) is 0. The molecule has 0 aliphatic heterocycles. The molecule has 0 aliphatic rings. The van der Waals surface area contributed by atoms with Crippen molar-refractivity contribution in [2.45, 2.75) is 0 Å². The van der Waals surface area contributed by atoms with Crippen molar-refractivity contribution in [1.29, 1.82) is 0 Å². The Hall–Kier alpha value is -1.19. The summed E-state index contributed by atoms with van der Waals surface area (Å²) < 4.78 is 47.4. The molecule has 0 spiro atoms. The molecule has 9 heteroatoms. The minimum atomic E-state index is -4.00. The largest absolute Gasteiger partial charge is 0.389 e. The summed E-state index contributed by atoms with van der Waals surface area (Å²) in [4.78, 5) is 0.0210. The molecule has 0 unspecified atom stereocenters. The Balaban J connectivity index is 3.09. The maximum Gasteiger partial charge on any atom is 0.247 e. The summed E-state index contributed by atoms with van der Waals surface area (Å²) in [5.41, 5.74) is 5.94. The summed E-state index contributed by atoms with van der Waals surface area (Å²) in [6, 6.07) is 6.22. The second-order valence-electron chi connectivity index (χ2n) is 3.67. The number of nitrogens with two attached hydrogens (primary N) is 1. The van der Waals surface area contributed by atoms with Crippen LogP contribution in [0.25, 0.3) is 0 Å². The molecule has 0 atom stereocenters. The third-order valence-corrected chi connectivity index (χ3v) is 5.53. The third-order valence-electron chi connectivity index (χ3n) is 1.83. The van der Waals surface area contributed by atoms with Crippen LogP contribution in [0, 0.1) is 0 Å². The van der Waals surface area contributed by atoms with Gasteiger partial charge in [0.05, 0.1) is 5.69 Å². The van der Waals surface area contributed by atoms with E-state index in [-0.39, 0.29) is 10.7 Å². The Morgan fingerprint density at radius 3 is 2.33 bits per heavy atom. The van der Waals surface area contributed by atoms with Crippen molar-refractivity contribution in [2.75, 3.05) is 16.1 Å². The molecule has 0 fully saturated rings. The van der Waals surface area contributed by atoms with Crippen molar-refractivity contribution in [2.24, 2.45) is 5.73 Å². The number of para-hydroxylation sites is 1. The molecule has 0 saturated carbocycles. The van der Waals surface area contributed by atoms with Crippen LogP contribution in [0.2, 0.25) is 0 Å². The van der Waals surface area contributed by atoms with E-state index in [0.717, 1.165) is 6.26 Å². The molecule has 0 saturated heterocycles. The first-order chi connectivity index (χ1) is 8.11. The lowest BCUT2D eigenvalue weighted by atomic mass is 10.2. The smallest absolute Gasteiger partial charge is 0.247 e. The Kier molecular flexibility index (Phi) is 4.30. The van der Waals surface area contributed by atoms with Crippen molar-refractivity contribution in [1.82, 2.24) is 0 Å². The van der Waals surface area contributed by atoms with Crippen LogP contribution in [0.15, 0.2) is 24.3 Å². The normalized spacial score (nSPS) is 12.1. The number of hydrogen-bond acceptors (Lipinski definition) is 5. The van der Waals surface area contributed by atoms with Crippen LogP contribution in [0.4, 0.5) is 5.69 Å². The SMILES string of the molecule is CS(=O)(=O)CS(=O)(=O)Nc1ccccc1C(N)=S. The standard InChI is InChI=1S/C9H12N2O4S3/c1-17(12,13)6-18(14,15)11-8-5-3-2-4-7(8)9(10)16/h2-5,11H,6H2,1H3,(H2,10,16). The summed E-state index contributed by atoms with van der Waals surface area (Å²) in [6.45, 7) is 0. The lowest BCUT2D eigenvalue weighted by Gasteiger charge is -2.10. The number of hydrogen-bond donors (Lipinski definition) is 2. The molecule has 0 heterocycles. The van der Waals surface area contributed by atoms with Gasteiger partial charge in [0.1, 0.15) is 4.99 Å². The van der Waals surface area contributed by atoms with E-state index in [4.69, 9.17) is 18.0 Å². The van der Waals surface area contributed by atoms with E-state index in [1.54, 1.807) is 18.2 Å². The number of rotatable bonds is 5. The molecule has 0 amide bonds. The van der Waals surface area contributed by atoms with Gasteiger partial charge in [-0.1, -0.05) is 24.4 Å². The zero-order chi connectivity index (χ0) is 14.0. The highest BCUT2D eigenvalue weighted by Crippen LogP contribution is 2.16. The average Bonchev–Trinajstić information content (AvgIpc) is 2.13. The minimum absolute atomic E-state index is 0.0210. The zero-order valence-corrected chi connectivity index (χ0v) is 11.9. The van der Waals surface area contributed by atoms with E-state index in [0.29, 0.717) is 5.56 Å². The average molecular weight is 308 g/mol. The lowest BCUT2D eigenvalue weighted by Crippen LogP contribution is -2.24. The second-order valence-corrected chi connectivity index (χ2v) is 8.34. The zero-order valence-electron chi connectivity index (χ0n) is 9.45. The van der Waals surface area contributed by atoms with Gasteiger partial charge in [-0.3, -0.25) is 4.72 Å². The van der Waals surface area contributed by atoms with Crippen molar-refractivity contribution in [3.8, 4) is 0 Å². The van der Waals surface area contributed by atoms with Crippen molar-refractivity contribution < 1.29 is 16.8 Å². The first-order valence-electron chi connectivity index (χ1n) is 4.68. The molecule has 3 N–H and O–H groups in total. The Morgan fingerprint density at radius 2 is 1.83 bits per heavy atom. The number of thiocarbonyl (C=S) groups is 1. The van der Waals surface area contributed by atoms with Gasteiger partial charge in [0.25, 0.3) is 0 Å². The molecular formula is C9H12N2O4S3. The summed E-state index contributed by atoms with van der Waals surface area (Å²) in [7, 11) is -7.65. The van der Waals surface area contributed by atoms with Gasteiger partial charge in [-0.2, -0.15) is 0 Å². The molecule has 1 aromatic carbocycles. The van der Waals surface area contributed by atoms with Crippen LogP contribution in [-0.4, -0.2) is 33.2 Å². The van der Waals surface area contributed by atoms with Crippen LogP contribution >= 0.6 is 12.2 Å². The molecule has 1 rings (SSSR count). The Bertz CT molecular complexity index is 665. The summed E-state index contributed by atoms with van der Waals surface area (Å²) in [6.07, 6.45) is 0.839. The monoisotopic (exact) mass is 308 g/mol. The fourth-order valence-corrected chi connectivity index (χ4v) is 4.45. The second kappa shape index (κ2) is 5.21. The predicted molar refractivity (Wildman–Crippen MR) is 74.6 cm³/mol. The summed E-state index contributed by atoms with van der Waals surface area (Å²) in [5, 5.41) is -0.994. The van der Waals surface area contributed by atoms with Gasteiger partial charge >= 0.3 is 0 Å². The van der Waals surface area contributed by atoms with Crippen LogP contribution in [-0.2, 0) is 19.9 Å². The van der Waals surface area contributed by atoms with E-state index in [1.165, 1.54) is 6.07 Å². The maximum absolute atomic E-state index is 11.6. The van der Waals surface area contributed by atoms with Crippen LogP contribution in [0.1, 0.15) is 5.56 Å². The first kappa shape index (κ1) is 14.9. The topological polar surface area (TPSA) is 106 Å². The lowest BCUT2D eigenvalue weighted by molar-refractivity contribution is 0.595. The Labute approximate surface area is 111 Å². The highest BCUT2D eigenvalue weighted by molar-refractivity contribution is 8.08. The molecule has 100 valence electrons. The van der Waals surface area contributed by atoms with E-state index >= 15 is 0 Å². The van der Waals surface area contributed by atoms with Crippen LogP contribution in [0.5, 0.6) is 0 Å². The fourth-order valence-electron chi connectivity index (χ4n) is 1.27. The van der Waals surface area contributed by atoms with Gasteiger partial charge in [-0.05, 0) is 12.1 Å². The maximum atomic E-state index is 11.6. The molecule has 0 aromatic heterocycles. The molecule has 0 bridgehead atoms. The molecule has 0 aliphatic carbocycles. The van der Waals surface area contributed by atoms with Crippen molar-refractivity contribution in [3.05, 3.63) is 29.8 Å². The van der Waals surface area contributed by atoms with Gasteiger partial charge in [0.15, 0.2) is 14.9 Å². The summed E-state index contributed by atoms with van der Waals surface area (Å²) >= 11 is 4.77. The van der Waals surface area contributed by atoms with Crippen molar-refractivity contribution in [3.63, 3.8) is 0 Å². The minimum Gasteiger partial charge on any atom is -0.389 e. The predicted octanol–water partition coefficient (Wildman–Crippen LogP) is 0.0646. The quantitative estimate of drug-likeness (QED) is 0.745. The highest BCUT2D eigenvalue weighted by Gasteiger charge is 2.19. The number of nitrogens with one attached hydrogen (secondary N) is 1. The number of sulfonamides is 1. The van der Waals surface area contributed by atoms with Gasteiger partial charge in [0.2, 0.25) is 10.0 Å². The third kappa shape index (κ3) is 4.59. The Morgan fingerprint density at radius 1 is 1.28 bits per heavy atom. The van der Waals surface area contributed by atoms with Gasteiger partial charge in [-0.25, -0.2) is 16.8 Å². The van der Waals surface area contributed by atoms with Gasteiger partial charge in [-0.15, -0.1) is 0 Å². The number of sulfone groups is 1. The van der Waals surface area contributed by atoms with E-state index in [9.17, 15) is 16.8 Å². The van der Waals surface area contributed by atoms with E-state index in [1.807, 2.05) is 0 Å². The van der Waals surface area contributed by atoms with Crippen LogP contribution < -0.4 is 10.5 Å². The molecule has 6 nitrogen and oxygen atoms in total.